The van der Waals surface area contributed by atoms with Crippen molar-refractivity contribution in [3.63, 3.8) is 0 Å². The van der Waals surface area contributed by atoms with Crippen LogP contribution in [0.3, 0.4) is 0 Å². The van der Waals surface area contributed by atoms with Gasteiger partial charge in [0.05, 0.1) is 0 Å². The van der Waals surface area contributed by atoms with Gasteiger partial charge in [-0.05, 0) is 5.56 Å². The zero-order valence-electron chi connectivity index (χ0n) is 10.0. The van der Waals surface area contributed by atoms with Crippen LogP contribution in [-0.4, -0.2) is 23.8 Å². The Labute approximate surface area is 97.3 Å². The molecular formula is C14H19NO. The lowest BCUT2D eigenvalue weighted by Crippen LogP contribution is -2.50. The molecule has 0 unspecified atom stereocenters. The van der Waals surface area contributed by atoms with E-state index < -0.39 is 0 Å². The fourth-order valence-corrected chi connectivity index (χ4v) is 2.19. The first-order chi connectivity index (χ1) is 7.66. The van der Waals surface area contributed by atoms with Crippen LogP contribution in [0.2, 0.25) is 0 Å². The first kappa shape index (κ1) is 11.3. The topological polar surface area (TPSA) is 20.3 Å². The molecule has 0 radical (unpaired) electrons. The van der Waals surface area contributed by atoms with Crippen molar-refractivity contribution in [3.05, 3.63) is 35.9 Å². The Bertz CT molecular complexity index is 352. The van der Waals surface area contributed by atoms with Gasteiger partial charge in [-0.25, -0.2) is 0 Å². The summed E-state index contributed by atoms with van der Waals surface area (Å²) in [4.78, 5) is 14.0. The molecule has 2 heteroatoms. The molecule has 0 atom stereocenters. The molecule has 16 heavy (non-hydrogen) atoms. The molecule has 2 rings (SSSR count). The van der Waals surface area contributed by atoms with E-state index in [9.17, 15) is 4.79 Å². The highest BCUT2D eigenvalue weighted by Crippen LogP contribution is 2.21. The predicted octanol–water partition coefficient (Wildman–Crippen LogP) is 2.34. The van der Waals surface area contributed by atoms with Gasteiger partial charge < -0.3 is 0 Å². The summed E-state index contributed by atoms with van der Waals surface area (Å²) in [6.45, 7) is 6.82. The Kier molecular flexibility index (Phi) is 3.39. The lowest BCUT2D eigenvalue weighted by Gasteiger charge is -2.39. The number of likely N-dealkylation sites (tertiary alicyclic amines) is 1. The Hall–Kier alpha value is -1.15. The number of rotatable bonds is 4. The Morgan fingerprint density at radius 2 is 1.94 bits per heavy atom. The van der Waals surface area contributed by atoms with Crippen molar-refractivity contribution in [2.75, 3.05) is 13.1 Å². The molecule has 0 N–H and O–H groups in total. The van der Waals surface area contributed by atoms with Gasteiger partial charge in [0.15, 0.2) is 0 Å². The third-order valence-corrected chi connectivity index (χ3v) is 3.18. The molecule has 1 aromatic rings. The van der Waals surface area contributed by atoms with Crippen LogP contribution in [0.1, 0.15) is 19.4 Å². The van der Waals surface area contributed by atoms with Crippen LogP contribution in [0.25, 0.3) is 0 Å². The third kappa shape index (κ3) is 2.50. The summed E-state index contributed by atoms with van der Waals surface area (Å²) in [5.41, 5.74) is 1.33. The van der Waals surface area contributed by atoms with Gasteiger partial charge in [-0.15, -0.1) is 0 Å². The van der Waals surface area contributed by atoms with Gasteiger partial charge >= 0.3 is 0 Å². The van der Waals surface area contributed by atoms with Gasteiger partial charge in [-0.2, -0.15) is 0 Å². The van der Waals surface area contributed by atoms with Crippen molar-refractivity contribution in [2.24, 2.45) is 11.8 Å². The van der Waals surface area contributed by atoms with Crippen molar-refractivity contribution >= 4 is 5.78 Å². The lowest BCUT2D eigenvalue weighted by atomic mass is 9.88. The molecule has 1 heterocycles. The fourth-order valence-electron chi connectivity index (χ4n) is 2.19. The normalized spacial score (nSPS) is 17.4. The van der Waals surface area contributed by atoms with Gasteiger partial charge in [0.25, 0.3) is 0 Å². The van der Waals surface area contributed by atoms with E-state index in [0.29, 0.717) is 5.78 Å². The molecule has 1 aliphatic rings. The molecule has 0 amide bonds. The first-order valence-electron chi connectivity index (χ1n) is 5.97. The van der Waals surface area contributed by atoms with Crippen LogP contribution in [0.4, 0.5) is 0 Å². The quantitative estimate of drug-likeness (QED) is 0.771. The van der Waals surface area contributed by atoms with Crippen molar-refractivity contribution in [1.29, 1.82) is 0 Å². The van der Waals surface area contributed by atoms with E-state index in [4.69, 9.17) is 0 Å². The average molecular weight is 217 g/mol. The Morgan fingerprint density at radius 1 is 1.31 bits per heavy atom. The van der Waals surface area contributed by atoms with Crippen LogP contribution in [0, 0.1) is 11.8 Å². The van der Waals surface area contributed by atoms with E-state index in [-0.39, 0.29) is 11.8 Å². The highest BCUT2D eigenvalue weighted by Gasteiger charge is 2.33. The molecule has 0 saturated carbocycles. The van der Waals surface area contributed by atoms with Crippen molar-refractivity contribution in [2.45, 2.75) is 20.4 Å². The number of benzene rings is 1. The van der Waals surface area contributed by atoms with Crippen LogP contribution in [0.5, 0.6) is 0 Å². The predicted molar refractivity (Wildman–Crippen MR) is 65.1 cm³/mol. The number of hydrogen-bond donors (Lipinski definition) is 0. The average Bonchev–Trinajstić information content (AvgIpc) is 2.23. The van der Waals surface area contributed by atoms with Gasteiger partial charge in [0.2, 0.25) is 0 Å². The number of nitrogens with zero attached hydrogens (tertiary/aromatic N) is 1. The van der Waals surface area contributed by atoms with Crippen LogP contribution in [0.15, 0.2) is 30.3 Å². The molecule has 0 aromatic heterocycles. The molecule has 1 aliphatic heterocycles. The number of carbonyl (C=O) groups excluding carboxylic acids is 1. The minimum atomic E-state index is 0.184. The highest BCUT2D eigenvalue weighted by molar-refractivity contribution is 5.84. The molecule has 1 saturated heterocycles. The van der Waals surface area contributed by atoms with Crippen LogP contribution in [-0.2, 0) is 11.3 Å². The molecule has 0 aliphatic carbocycles. The molecule has 1 fully saturated rings. The number of ketones is 1. The smallest absolute Gasteiger partial charge is 0.141 e. The van der Waals surface area contributed by atoms with E-state index in [0.717, 1.165) is 19.6 Å². The maximum Gasteiger partial charge on any atom is 0.141 e. The lowest BCUT2D eigenvalue weighted by molar-refractivity contribution is -0.131. The summed E-state index contributed by atoms with van der Waals surface area (Å²) in [5, 5.41) is 0. The molecule has 0 spiro atoms. The monoisotopic (exact) mass is 217 g/mol. The van der Waals surface area contributed by atoms with E-state index in [1.54, 1.807) is 0 Å². The minimum absolute atomic E-state index is 0.184. The van der Waals surface area contributed by atoms with Crippen molar-refractivity contribution in [1.82, 2.24) is 4.90 Å². The van der Waals surface area contributed by atoms with Gasteiger partial charge in [0.1, 0.15) is 5.78 Å². The standard InChI is InChI=1S/C14H19NO/c1-11(2)14(16)13-9-15(10-13)8-12-6-4-3-5-7-12/h3-7,11,13H,8-10H2,1-2H3. The third-order valence-electron chi connectivity index (χ3n) is 3.18. The zero-order valence-corrected chi connectivity index (χ0v) is 10.0. The second kappa shape index (κ2) is 4.79. The van der Waals surface area contributed by atoms with Gasteiger partial charge in [0, 0.05) is 31.5 Å². The highest BCUT2D eigenvalue weighted by atomic mass is 16.1. The maximum absolute atomic E-state index is 11.7. The maximum atomic E-state index is 11.7. The summed E-state index contributed by atoms with van der Waals surface area (Å²) in [7, 11) is 0. The molecule has 2 nitrogen and oxygen atoms in total. The van der Waals surface area contributed by atoms with Crippen molar-refractivity contribution in [3.8, 4) is 0 Å². The van der Waals surface area contributed by atoms with E-state index in [1.807, 2.05) is 19.9 Å². The fraction of sp³-hybridized carbons (Fsp3) is 0.500. The SMILES string of the molecule is CC(C)C(=O)C1CN(Cc2ccccc2)C1. The number of Topliss-reactive ketones (excluding diaryl/α,β-unsaturated/α-hetero) is 1. The zero-order chi connectivity index (χ0) is 11.5. The summed E-state index contributed by atoms with van der Waals surface area (Å²) < 4.78 is 0. The summed E-state index contributed by atoms with van der Waals surface area (Å²) >= 11 is 0. The van der Waals surface area contributed by atoms with Gasteiger partial charge in [-0.3, -0.25) is 9.69 Å². The molecule has 86 valence electrons. The Morgan fingerprint density at radius 3 is 2.50 bits per heavy atom. The Balaban J connectivity index is 1.79. The van der Waals surface area contributed by atoms with E-state index >= 15 is 0 Å². The second-order valence-electron chi connectivity index (χ2n) is 4.93. The minimum Gasteiger partial charge on any atom is -0.299 e. The molecule has 0 bridgehead atoms. The van der Waals surface area contributed by atoms with Crippen LogP contribution < -0.4 is 0 Å². The molecule has 1 aromatic carbocycles. The van der Waals surface area contributed by atoms with Crippen molar-refractivity contribution < 1.29 is 4.79 Å². The number of carbonyl (C=O) groups is 1. The largest absolute Gasteiger partial charge is 0.299 e. The molecular weight excluding hydrogens is 198 g/mol. The summed E-state index contributed by atoms with van der Waals surface area (Å²) in [5.74, 6) is 0.886. The summed E-state index contributed by atoms with van der Waals surface area (Å²) in [6.07, 6.45) is 0. The van der Waals surface area contributed by atoms with E-state index in [1.165, 1.54) is 5.56 Å². The van der Waals surface area contributed by atoms with E-state index in [2.05, 4.69) is 29.2 Å². The van der Waals surface area contributed by atoms with Crippen LogP contribution >= 0.6 is 0 Å². The second-order valence-corrected chi connectivity index (χ2v) is 4.93. The number of hydrogen-bond acceptors (Lipinski definition) is 2. The summed E-state index contributed by atoms with van der Waals surface area (Å²) in [6, 6.07) is 10.4. The first-order valence-corrected chi connectivity index (χ1v) is 5.97. The van der Waals surface area contributed by atoms with Gasteiger partial charge in [-0.1, -0.05) is 44.2 Å².